The number of amides is 1. The molecule has 0 saturated heterocycles. The summed E-state index contributed by atoms with van der Waals surface area (Å²) in [6.07, 6.45) is 0. The second-order valence-corrected chi connectivity index (χ2v) is 6.76. The van der Waals surface area contributed by atoms with Crippen molar-refractivity contribution in [3.05, 3.63) is 41.5 Å². The van der Waals surface area contributed by atoms with Crippen LogP contribution in [0.25, 0.3) is 11.4 Å². The number of carbonyl (C=O) groups is 1. The van der Waals surface area contributed by atoms with E-state index in [-0.39, 0.29) is 11.5 Å². The normalized spacial score (nSPS) is 13.0. The molecule has 0 bridgehead atoms. The lowest BCUT2D eigenvalue weighted by atomic mass is 9.96. The van der Waals surface area contributed by atoms with Crippen LogP contribution in [0.2, 0.25) is 0 Å². The van der Waals surface area contributed by atoms with E-state index in [1.165, 1.54) is 4.80 Å². The quantitative estimate of drug-likeness (QED) is 0.765. The predicted molar refractivity (Wildman–Crippen MR) is 88.6 cm³/mol. The van der Waals surface area contributed by atoms with Crippen LogP contribution in [-0.2, 0) is 5.41 Å². The maximum Gasteiger partial charge on any atom is 0.253 e. The van der Waals surface area contributed by atoms with E-state index in [4.69, 9.17) is 10.3 Å². The molecule has 0 spiro atoms. The van der Waals surface area contributed by atoms with E-state index in [0.717, 1.165) is 5.56 Å². The fourth-order valence-corrected chi connectivity index (χ4v) is 2.10. The van der Waals surface area contributed by atoms with Crippen LogP contribution in [-0.4, -0.2) is 36.3 Å². The van der Waals surface area contributed by atoms with Crippen molar-refractivity contribution in [2.24, 2.45) is 5.73 Å². The van der Waals surface area contributed by atoms with Gasteiger partial charge in [-0.25, -0.2) is 0 Å². The van der Waals surface area contributed by atoms with Gasteiger partial charge >= 0.3 is 0 Å². The zero-order valence-corrected chi connectivity index (χ0v) is 14.5. The van der Waals surface area contributed by atoms with Crippen LogP contribution in [0.1, 0.15) is 55.8 Å². The number of nitrogens with two attached hydrogens (primary N) is 1. The predicted octanol–water partition coefficient (Wildman–Crippen LogP) is 1.73. The van der Waals surface area contributed by atoms with E-state index >= 15 is 0 Å². The monoisotopic (exact) mass is 341 g/mol. The average Bonchev–Trinajstić information content (AvgIpc) is 3.23. The summed E-state index contributed by atoms with van der Waals surface area (Å²) in [5.41, 5.74) is 6.18. The molecule has 1 aromatic carbocycles. The standard InChI is InChI=1S/C16H19N7O2/c1-9(14-18-15(21-25-14)16(2,3)4)23-20-13(19-22-23)11-7-5-10(6-8-11)12(17)24/h5-9H,1-4H3,(H2,17,24). The molecular weight excluding hydrogens is 322 g/mol. The summed E-state index contributed by atoms with van der Waals surface area (Å²) >= 11 is 0. The van der Waals surface area contributed by atoms with Gasteiger partial charge in [0, 0.05) is 16.5 Å². The summed E-state index contributed by atoms with van der Waals surface area (Å²) in [5.74, 6) is 0.982. The van der Waals surface area contributed by atoms with E-state index in [1.807, 2.05) is 27.7 Å². The Morgan fingerprint density at radius 3 is 2.48 bits per heavy atom. The van der Waals surface area contributed by atoms with E-state index in [0.29, 0.717) is 23.1 Å². The zero-order chi connectivity index (χ0) is 18.2. The first-order chi connectivity index (χ1) is 11.8. The SMILES string of the molecule is CC(c1nc(C(C)(C)C)no1)n1nnc(-c2ccc(C(N)=O)cc2)n1. The van der Waals surface area contributed by atoms with E-state index in [1.54, 1.807) is 24.3 Å². The second-order valence-electron chi connectivity index (χ2n) is 6.76. The third-order valence-electron chi connectivity index (χ3n) is 3.67. The minimum absolute atomic E-state index is 0.204. The van der Waals surface area contributed by atoms with Crippen LogP contribution < -0.4 is 5.73 Å². The van der Waals surface area contributed by atoms with Crippen LogP contribution >= 0.6 is 0 Å². The van der Waals surface area contributed by atoms with E-state index in [9.17, 15) is 4.79 Å². The number of hydrogen-bond acceptors (Lipinski definition) is 7. The summed E-state index contributed by atoms with van der Waals surface area (Å²) < 4.78 is 5.32. The van der Waals surface area contributed by atoms with Gasteiger partial charge in [0.05, 0.1) is 0 Å². The lowest BCUT2D eigenvalue weighted by molar-refractivity contribution is 0.100. The van der Waals surface area contributed by atoms with Gasteiger partial charge in [-0.05, 0) is 24.3 Å². The van der Waals surface area contributed by atoms with Crippen molar-refractivity contribution in [1.29, 1.82) is 0 Å². The van der Waals surface area contributed by atoms with Gasteiger partial charge in [-0.3, -0.25) is 4.79 Å². The van der Waals surface area contributed by atoms with Gasteiger partial charge in [-0.15, -0.1) is 10.2 Å². The van der Waals surface area contributed by atoms with Crippen LogP contribution in [0.5, 0.6) is 0 Å². The highest BCUT2D eigenvalue weighted by atomic mass is 16.5. The Hall–Kier alpha value is -3.10. The largest absolute Gasteiger partial charge is 0.366 e. The fourth-order valence-electron chi connectivity index (χ4n) is 2.10. The van der Waals surface area contributed by atoms with Crippen LogP contribution in [0.4, 0.5) is 0 Å². The number of nitrogens with zero attached hydrogens (tertiary/aromatic N) is 6. The van der Waals surface area contributed by atoms with Crippen molar-refractivity contribution >= 4 is 5.91 Å². The number of primary amides is 1. The fraction of sp³-hybridized carbons (Fsp3) is 0.375. The molecule has 0 aliphatic heterocycles. The minimum atomic E-state index is -0.483. The highest BCUT2D eigenvalue weighted by Gasteiger charge is 2.25. The smallest absolute Gasteiger partial charge is 0.253 e. The molecule has 9 nitrogen and oxygen atoms in total. The molecule has 2 N–H and O–H groups in total. The maximum absolute atomic E-state index is 11.1. The first-order valence-corrected chi connectivity index (χ1v) is 7.79. The molecule has 1 atom stereocenters. The molecular formula is C16H19N7O2. The van der Waals surface area contributed by atoms with Crippen molar-refractivity contribution in [2.45, 2.75) is 39.2 Å². The topological polar surface area (TPSA) is 126 Å². The Bertz CT molecular complexity index is 890. The van der Waals surface area contributed by atoms with Gasteiger partial charge in [-0.2, -0.15) is 9.78 Å². The van der Waals surface area contributed by atoms with Crippen molar-refractivity contribution in [3.8, 4) is 11.4 Å². The molecule has 0 aliphatic carbocycles. The summed E-state index contributed by atoms with van der Waals surface area (Å²) in [7, 11) is 0. The molecule has 3 aromatic rings. The molecule has 1 unspecified atom stereocenters. The average molecular weight is 341 g/mol. The lowest BCUT2D eigenvalue weighted by Crippen LogP contribution is -2.15. The number of tetrazole rings is 1. The third kappa shape index (κ3) is 3.39. The number of hydrogen-bond donors (Lipinski definition) is 1. The molecule has 3 rings (SSSR count). The van der Waals surface area contributed by atoms with Crippen molar-refractivity contribution < 1.29 is 9.32 Å². The molecule has 9 heteroatoms. The molecule has 1 amide bonds. The molecule has 0 aliphatic rings. The Labute approximate surface area is 144 Å². The Morgan fingerprint density at radius 2 is 1.92 bits per heavy atom. The number of aromatic nitrogens is 6. The van der Waals surface area contributed by atoms with Gasteiger partial charge in [0.15, 0.2) is 5.82 Å². The van der Waals surface area contributed by atoms with Crippen molar-refractivity contribution in [1.82, 2.24) is 30.3 Å². The first kappa shape index (κ1) is 16.7. The van der Waals surface area contributed by atoms with Gasteiger partial charge in [0.25, 0.3) is 5.89 Å². The molecule has 0 fully saturated rings. The van der Waals surface area contributed by atoms with Gasteiger partial charge < -0.3 is 10.3 Å². The zero-order valence-electron chi connectivity index (χ0n) is 14.5. The molecule has 0 radical (unpaired) electrons. The number of benzene rings is 1. The minimum Gasteiger partial charge on any atom is -0.366 e. The van der Waals surface area contributed by atoms with Crippen molar-refractivity contribution in [2.75, 3.05) is 0 Å². The summed E-state index contributed by atoms with van der Waals surface area (Å²) in [6, 6.07) is 6.33. The van der Waals surface area contributed by atoms with Gasteiger partial charge in [0.1, 0.15) is 6.04 Å². The van der Waals surface area contributed by atoms with Crippen LogP contribution in [0.15, 0.2) is 28.8 Å². The Balaban J connectivity index is 1.83. The summed E-state index contributed by atoms with van der Waals surface area (Å²) in [6.45, 7) is 7.87. The lowest BCUT2D eigenvalue weighted by Gasteiger charge is -2.11. The third-order valence-corrected chi connectivity index (χ3v) is 3.67. The van der Waals surface area contributed by atoms with Gasteiger partial charge in [-0.1, -0.05) is 38.1 Å². The Morgan fingerprint density at radius 1 is 1.24 bits per heavy atom. The maximum atomic E-state index is 11.1. The molecule has 2 aromatic heterocycles. The molecule has 0 saturated carbocycles. The Kier molecular flexibility index (Phi) is 4.07. The highest BCUT2D eigenvalue weighted by molar-refractivity contribution is 5.93. The van der Waals surface area contributed by atoms with E-state index in [2.05, 4.69) is 25.6 Å². The van der Waals surface area contributed by atoms with Crippen LogP contribution in [0, 0.1) is 0 Å². The molecule has 25 heavy (non-hydrogen) atoms. The second kappa shape index (κ2) is 6.08. The van der Waals surface area contributed by atoms with Gasteiger partial charge in [0.2, 0.25) is 11.7 Å². The van der Waals surface area contributed by atoms with Crippen LogP contribution in [0.3, 0.4) is 0 Å². The summed E-state index contributed by atoms with van der Waals surface area (Å²) in [4.78, 5) is 16.9. The van der Waals surface area contributed by atoms with Crippen molar-refractivity contribution in [3.63, 3.8) is 0 Å². The summed E-state index contributed by atoms with van der Waals surface area (Å²) in [5, 5.41) is 16.5. The molecule has 2 heterocycles. The number of carbonyl (C=O) groups excluding carboxylic acids is 1. The first-order valence-electron chi connectivity index (χ1n) is 7.79. The van der Waals surface area contributed by atoms with E-state index < -0.39 is 5.91 Å². The molecule has 130 valence electrons. The number of rotatable bonds is 4. The highest BCUT2D eigenvalue weighted by Crippen LogP contribution is 2.22.